The van der Waals surface area contributed by atoms with Crippen molar-refractivity contribution in [3.05, 3.63) is 46.6 Å². The van der Waals surface area contributed by atoms with Gasteiger partial charge < -0.3 is 19.9 Å². The summed E-state index contributed by atoms with van der Waals surface area (Å²) in [6.45, 7) is 6.11. The minimum Gasteiger partial charge on any atom is -0.494 e. The number of amides is 2. The van der Waals surface area contributed by atoms with Crippen LogP contribution in [0.1, 0.15) is 42.0 Å². The van der Waals surface area contributed by atoms with E-state index >= 15 is 0 Å². The molecule has 0 aliphatic rings. The first-order chi connectivity index (χ1) is 11.9. The normalized spacial score (nSPS) is 11.9. The van der Waals surface area contributed by atoms with Crippen LogP contribution in [0.3, 0.4) is 0 Å². The summed E-state index contributed by atoms with van der Waals surface area (Å²) in [5, 5.41) is 9.50. The van der Waals surface area contributed by atoms with Crippen LogP contribution in [-0.4, -0.2) is 24.8 Å². The lowest BCUT2D eigenvalue weighted by molar-refractivity contribution is 0.238. The highest BCUT2D eigenvalue weighted by Gasteiger charge is 2.12. The highest BCUT2D eigenvalue weighted by molar-refractivity contribution is 5.74. The first-order valence-electron chi connectivity index (χ1n) is 8.22. The second-order valence-corrected chi connectivity index (χ2v) is 5.92. The van der Waals surface area contributed by atoms with E-state index in [-0.39, 0.29) is 17.8 Å². The highest BCUT2D eigenvalue weighted by atomic mass is 19.1. The molecule has 0 saturated carbocycles. The van der Waals surface area contributed by atoms with Gasteiger partial charge in [-0.15, -0.1) is 0 Å². The number of aromatic nitrogens is 1. The molecule has 0 aliphatic heterocycles. The van der Waals surface area contributed by atoms with Crippen LogP contribution >= 0.6 is 0 Å². The molecule has 2 N–H and O–H groups in total. The fourth-order valence-electron chi connectivity index (χ4n) is 2.61. The molecule has 1 aromatic carbocycles. The van der Waals surface area contributed by atoms with Crippen LogP contribution < -0.4 is 15.4 Å². The maximum atomic E-state index is 13.7. The fourth-order valence-corrected chi connectivity index (χ4v) is 2.61. The van der Waals surface area contributed by atoms with Crippen molar-refractivity contribution in [3.8, 4) is 5.75 Å². The molecule has 1 aromatic heterocycles. The van der Waals surface area contributed by atoms with Gasteiger partial charge in [-0.05, 0) is 51.3 Å². The van der Waals surface area contributed by atoms with Crippen LogP contribution in [0.15, 0.2) is 22.7 Å². The van der Waals surface area contributed by atoms with Gasteiger partial charge in [0, 0.05) is 12.1 Å². The van der Waals surface area contributed by atoms with Gasteiger partial charge in [0.1, 0.15) is 5.76 Å². The van der Waals surface area contributed by atoms with E-state index in [9.17, 15) is 9.18 Å². The smallest absolute Gasteiger partial charge is 0.315 e. The molecule has 2 aromatic rings. The number of hydrogen-bond acceptors (Lipinski definition) is 4. The van der Waals surface area contributed by atoms with Crippen molar-refractivity contribution < 1.29 is 18.4 Å². The molecule has 0 fully saturated rings. The third kappa shape index (κ3) is 4.95. The number of methoxy groups -OCH3 is 1. The van der Waals surface area contributed by atoms with Gasteiger partial charge in [0.15, 0.2) is 11.6 Å². The highest BCUT2D eigenvalue weighted by Crippen LogP contribution is 2.21. The zero-order valence-electron chi connectivity index (χ0n) is 15.0. The largest absolute Gasteiger partial charge is 0.494 e. The summed E-state index contributed by atoms with van der Waals surface area (Å²) in [5.74, 6) is 0.547. The zero-order valence-corrected chi connectivity index (χ0v) is 15.0. The molecular weight excluding hydrogens is 325 g/mol. The molecule has 25 heavy (non-hydrogen) atoms. The maximum Gasteiger partial charge on any atom is 0.315 e. The summed E-state index contributed by atoms with van der Waals surface area (Å²) in [6, 6.07) is 4.03. The number of benzene rings is 1. The van der Waals surface area contributed by atoms with Crippen molar-refractivity contribution in [3.63, 3.8) is 0 Å². The van der Waals surface area contributed by atoms with Crippen molar-refractivity contribution >= 4 is 6.03 Å². The van der Waals surface area contributed by atoms with Gasteiger partial charge in [0.25, 0.3) is 0 Å². The van der Waals surface area contributed by atoms with Crippen LogP contribution in [0.2, 0.25) is 0 Å². The summed E-state index contributed by atoms with van der Waals surface area (Å²) < 4.78 is 23.7. The number of nitrogens with zero attached hydrogens (tertiary/aromatic N) is 1. The van der Waals surface area contributed by atoms with Gasteiger partial charge in [-0.1, -0.05) is 11.2 Å². The van der Waals surface area contributed by atoms with Gasteiger partial charge in [-0.25, -0.2) is 9.18 Å². The molecule has 0 radical (unpaired) electrons. The van der Waals surface area contributed by atoms with E-state index < -0.39 is 5.82 Å². The van der Waals surface area contributed by atoms with E-state index in [1.54, 1.807) is 19.1 Å². The number of ether oxygens (including phenoxy) is 1. The molecule has 2 rings (SSSR count). The molecular formula is C18H24FN3O3. The van der Waals surface area contributed by atoms with Crippen LogP contribution in [0.4, 0.5) is 9.18 Å². The lowest BCUT2D eigenvalue weighted by Crippen LogP contribution is -2.37. The molecule has 0 bridgehead atoms. The Morgan fingerprint density at radius 3 is 2.76 bits per heavy atom. The minimum absolute atomic E-state index is 0.180. The Morgan fingerprint density at radius 2 is 2.16 bits per heavy atom. The van der Waals surface area contributed by atoms with Crippen LogP contribution in [-0.2, 0) is 6.42 Å². The Morgan fingerprint density at radius 1 is 1.40 bits per heavy atom. The van der Waals surface area contributed by atoms with Gasteiger partial charge in [0.2, 0.25) is 0 Å². The average molecular weight is 349 g/mol. The summed E-state index contributed by atoms with van der Waals surface area (Å²) >= 11 is 0. The predicted molar refractivity (Wildman–Crippen MR) is 92.2 cm³/mol. The Labute approximate surface area is 146 Å². The molecule has 1 atom stereocenters. The summed E-state index contributed by atoms with van der Waals surface area (Å²) in [4.78, 5) is 12.0. The number of rotatable bonds is 7. The monoisotopic (exact) mass is 349 g/mol. The van der Waals surface area contributed by atoms with Gasteiger partial charge in [0.05, 0.1) is 18.8 Å². The molecule has 0 unspecified atom stereocenters. The summed E-state index contributed by atoms with van der Waals surface area (Å²) in [7, 11) is 1.41. The number of hydrogen-bond donors (Lipinski definition) is 2. The second kappa shape index (κ2) is 8.50. The topological polar surface area (TPSA) is 76.4 Å². The van der Waals surface area contributed by atoms with Crippen LogP contribution in [0, 0.1) is 19.7 Å². The third-order valence-corrected chi connectivity index (χ3v) is 4.09. The molecule has 1 heterocycles. The fraction of sp³-hybridized carbons (Fsp3) is 0.444. The Hall–Kier alpha value is -2.57. The quantitative estimate of drug-likeness (QED) is 0.751. The molecule has 136 valence electrons. The second-order valence-electron chi connectivity index (χ2n) is 5.92. The molecule has 0 aliphatic carbocycles. The predicted octanol–water partition coefficient (Wildman–Crippen LogP) is 3.43. The van der Waals surface area contributed by atoms with Crippen molar-refractivity contribution in [2.45, 2.75) is 39.7 Å². The van der Waals surface area contributed by atoms with E-state index in [1.165, 1.54) is 13.2 Å². The average Bonchev–Trinajstić information content (AvgIpc) is 2.90. The molecule has 6 nitrogen and oxygen atoms in total. The van der Waals surface area contributed by atoms with Crippen LogP contribution in [0.25, 0.3) is 0 Å². The summed E-state index contributed by atoms with van der Waals surface area (Å²) in [6.07, 6.45) is 1.57. The van der Waals surface area contributed by atoms with E-state index in [4.69, 9.17) is 9.26 Å². The number of aryl methyl sites for hydroxylation is 2. The van der Waals surface area contributed by atoms with Gasteiger partial charge in [-0.2, -0.15) is 0 Å². The molecule has 2 amide bonds. The Balaban J connectivity index is 1.77. The third-order valence-electron chi connectivity index (χ3n) is 4.09. The SMILES string of the molecule is COc1ccc([C@H](C)NC(=O)NCCCc2c(C)noc2C)cc1F. The number of carbonyl (C=O) groups excluding carboxylic acids is 1. The Kier molecular flexibility index (Phi) is 6.38. The number of nitrogens with one attached hydrogen (secondary N) is 2. The van der Waals surface area contributed by atoms with Crippen molar-refractivity contribution in [2.75, 3.05) is 13.7 Å². The van der Waals surface area contributed by atoms with Gasteiger partial charge >= 0.3 is 6.03 Å². The molecule has 0 spiro atoms. The van der Waals surface area contributed by atoms with E-state index in [1.807, 2.05) is 13.8 Å². The van der Waals surface area contributed by atoms with Crippen molar-refractivity contribution in [1.29, 1.82) is 0 Å². The number of carbonyl (C=O) groups is 1. The Bertz CT molecular complexity index is 711. The number of halogens is 1. The number of urea groups is 1. The maximum absolute atomic E-state index is 13.7. The minimum atomic E-state index is -0.450. The van der Waals surface area contributed by atoms with E-state index in [2.05, 4.69) is 15.8 Å². The lowest BCUT2D eigenvalue weighted by atomic mass is 10.1. The zero-order chi connectivity index (χ0) is 18.4. The standard InChI is InChI=1S/C18H24FN3O3/c1-11(14-7-8-17(24-4)16(19)10-14)21-18(23)20-9-5-6-15-12(2)22-25-13(15)3/h7-8,10-11H,5-6,9H2,1-4H3,(H2,20,21,23)/t11-/m0/s1. The molecule has 0 saturated heterocycles. The molecule has 7 heteroatoms. The summed E-state index contributed by atoms with van der Waals surface area (Å²) in [5.41, 5.74) is 2.64. The first kappa shape index (κ1) is 18.8. The van der Waals surface area contributed by atoms with Gasteiger partial charge in [-0.3, -0.25) is 0 Å². The first-order valence-corrected chi connectivity index (χ1v) is 8.22. The van der Waals surface area contributed by atoms with Crippen molar-refractivity contribution in [2.24, 2.45) is 0 Å². The van der Waals surface area contributed by atoms with E-state index in [0.717, 1.165) is 29.9 Å². The van der Waals surface area contributed by atoms with E-state index in [0.29, 0.717) is 12.1 Å². The lowest BCUT2D eigenvalue weighted by Gasteiger charge is -2.16. The van der Waals surface area contributed by atoms with Crippen molar-refractivity contribution in [1.82, 2.24) is 15.8 Å². The van der Waals surface area contributed by atoms with Crippen LogP contribution in [0.5, 0.6) is 5.75 Å².